The summed E-state index contributed by atoms with van der Waals surface area (Å²) in [6.45, 7) is 22.0. The first-order valence-corrected chi connectivity index (χ1v) is 44.3. The molecular formula is C100H118ClF3LiNO19S2. The SMILES string of the molecule is CC(C)(C)[S@@](=O)CC(CF)c1cccc(-c2cc(CO)cc3cc(CCO)oc23)c1.CCOC(=O)Cc1ccc(C)cc1O.CCOC(=O)Cc1ccc(C)cc1OCc1cc(-c2cccc(C(CF)CS(=O)C(C)(C)C)c2)c2oc(CCO)cc2c1.CCOC(=O)Cc1ccc(C)cc1OCc1cc(-c2cccc(C(N)CF)c2)c2oc(CCO)cc2c1.Cl.[Li+].[OH-]. The molecule has 4 unspecified atom stereocenters. The number of aliphatic hydroxyl groups is 4. The van der Waals surface area contributed by atoms with Crippen LogP contribution in [0.3, 0.4) is 0 Å². The van der Waals surface area contributed by atoms with Crippen molar-refractivity contribution in [2.75, 3.05) is 71.2 Å². The Hall–Kier alpha value is -9.85. The second-order valence-corrected chi connectivity index (χ2v) is 36.9. The van der Waals surface area contributed by atoms with Crippen LogP contribution in [0.1, 0.15) is 164 Å². The zero-order chi connectivity index (χ0) is 90.0. The molecule has 12 rings (SSSR count). The normalized spacial score (nSPS) is 12.4. The van der Waals surface area contributed by atoms with Crippen molar-refractivity contribution < 1.29 is 123 Å². The monoisotopic (exact) mass is 1800 g/mol. The number of ether oxygens (including phenoxy) is 5. The Labute approximate surface area is 764 Å². The third-order valence-corrected chi connectivity index (χ3v) is 24.5. The van der Waals surface area contributed by atoms with Crippen LogP contribution in [-0.2, 0) is 109 Å². The maximum absolute atomic E-state index is 14.3. The van der Waals surface area contributed by atoms with Gasteiger partial charge in [0.25, 0.3) is 0 Å². The molecule has 0 amide bonds. The molecule has 0 aliphatic carbocycles. The number of benzene rings is 9. The van der Waals surface area contributed by atoms with E-state index in [-0.39, 0.29) is 131 Å². The molecule has 678 valence electrons. The van der Waals surface area contributed by atoms with E-state index in [2.05, 4.69) is 0 Å². The van der Waals surface area contributed by atoms with Crippen LogP contribution in [0.5, 0.6) is 17.2 Å². The Kier molecular flexibility index (Phi) is 42.4. The van der Waals surface area contributed by atoms with Crippen LogP contribution in [0.15, 0.2) is 195 Å². The third-order valence-electron chi connectivity index (χ3n) is 20.4. The number of carbonyl (C=O) groups excluding carboxylic acids is 3. The number of phenols is 1. The summed E-state index contributed by atoms with van der Waals surface area (Å²) in [5.74, 6) is 2.00. The van der Waals surface area contributed by atoms with Crippen molar-refractivity contribution in [3.63, 3.8) is 0 Å². The van der Waals surface area contributed by atoms with Gasteiger partial charge in [-0.25, -0.2) is 4.39 Å². The van der Waals surface area contributed by atoms with Gasteiger partial charge >= 0.3 is 36.8 Å². The quantitative estimate of drug-likeness (QED) is 0.0122. The molecule has 0 spiro atoms. The molecule has 5 atom stereocenters. The number of hydrogen-bond acceptors (Lipinski definition) is 20. The third kappa shape index (κ3) is 30.4. The molecule has 20 nitrogen and oxygen atoms in total. The molecule has 127 heavy (non-hydrogen) atoms. The molecule has 3 aromatic heterocycles. The largest absolute Gasteiger partial charge is 1.00 e. The summed E-state index contributed by atoms with van der Waals surface area (Å²) >= 11 is 0. The molecule has 27 heteroatoms. The van der Waals surface area contributed by atoms with Gasteiger partial charge in [-0.05, 0) is 229 Å². The van der Waals surface area contributed by atoms with Crippen LogP contribution >= 0.6 is 12.4 Å². The predicted octanol–water partition coefficient (Wildman–Crippen LogP) is 16.6. The number of aromatic hydroxyl groups is 1. The first-order valence-electron chi connectivity index (χ1n) is 41.6. The Balaban J connectivity index is 0.000000273. The molecule has 0 radical (unpaired) electrons. The molecule has 0 aliphatic rings. The summed E-state index contributed by atoms with van der Waals surface area (Å²) in [5.41, 5.74) is 22.8. The molecule has 8 N–H and O–H groups in total. The number of rotatable bonds is 35. The second kappa shape index (κ2) is 50.8. The fourth-order valence-corrected chi connectivity index (χ4v) is 16.1. The zero-order valence-electron chi connectivity index (χ0n) is 74.6. The number of aliphatic hydroxyl groups excluding tert-OH is 4. The summed E-state index contributed by atoms with van der Waals surface area (Å²) in [5, 5.41) is 49.9. The number of aryl methyl sites for hydroxylation is 3. The number of phenolic OH excluding ortho intramolecular Hbond substituents is 1. The minimum absolute atomic E-state index is 0. The minimum Gasteiger partial charge on any atom is -0.870 e. The summed E-state index contributed by atoms with van der Waals surface area (Å²) in [6, 6.07) is 56.0. The van der Waals surface area contributed by atoms with Crippen molar-refractivity contribution >= 4 is 84.8 Å². The van der Waals surface area contributed by atoms with Crippen LogP contribution in [-0.4, -0.2) is 138 Å². The molecule has 0 bridgehead atoms. The first-order chi connectivity index (χ1) is 59.3. The smallest absolute Gasteiger partial charge is 0.870 e. The van der Waals surface area contributed by atoms with Crippen molar-refractivity contribution in [1.29, 1.82) is 0 Å². The number of carbonyl (C=O) groups is 3. The van der Waals surface area contributed by atoms with Crippen molar-refractivity contribution in [3.8, 4) is 50.6 Å². The molecule has 9 aromatic carbocycles. The van der Waals surface area contributed by atoms with E-state index in [1.54, 1.807) is 39.0 Å². The van der Waals surface area contributed by atoms with E-state index >= 15 is 0 Å². The van der Waals surface area contributed by atoms with E-state index in [0.717, 1.165) is 105 Å². The maximum atomic E-state index is 14.3. The van der Waals surface area contributed by atoms with Gasteiger partial charge < -0.3 is 73.7 Å². The number of hydrogen-bond donors (Lipinski definition) is 6. The average molecular weight is 1800 g/mol. The Bertz CT molecular complexity index is 5640. The molecule has 0 saturated heterocycles. The standard InChI is InChI=1S/C35H41FO6S.C30H32FNO5.C24H29FO4S.C11H14O3.ClH.Li.H2O/c1-6-40-33(38)19-27-11-10-23(2)14-32(27)41-21-24-15-28-18-30(12-13-37)42-34(28)31(16-24)26-9-7-8-25(17-26)29(20-36)22-43(39)35(3,4)5;1-3-35-29(34)16-23-8-7-19(2)11-28(23)36-18-20-12-24-15-25(9-10-33)37-30(24)26(13-20)21-5-4-6-22(14-21)27(32)17-31;1-24(2,3)30(28)15-20(13-25)17-5-4-6-18(11-17)22-10-16(14-27)9-19-12-21(7-8-26)29-23(19)22;1-3-14-11(13)7-9-5-4-8(2)6-10(9)12;;;/h7-11,14-18,29,37H,6,12-13,19-22H2,1-5H3;4-8,11-15,27,33H,3,9-10,16-18,32H2,1-2H3;4-6,9-12,20,26-27H,7-8,13-15H2,1-3H3;4-6,12H,3,7H2,1-2H3;1H;;1H2/q;;;;;+1;/p-1/t;;20?,30-;;;;/m..0..../s1. The van der Waals surface area contributed by atoms with Crippen molar-refractivity contribution in [2.45, 2.75) is 169 Å². The second-order valence-electron chi connectivity index (χ2n) is 32.4. The predicted molar refractivity (Wildman–Crippen MR) is 493 cm³/mol. The molecule has 3 heterocycles. The van der Waals surface area contributed by atoms with Crippen molar-refractivity contribution in [1.82, 2.24) is 0 Å². The number of esters is 3. The molecule has 0 aliphatic heterocycles. The van der Waals surface area contributed by atoms with E-state index < -0.39 is 69.0 Å². The fraction of sp³-hybridized carbons (Fsp3) is 0.370. The van der Waals surface area contributed by atoms with E-state index in [9.17, 15) is 61.5 Å². The number of fused-ring (bicyclic) bond motifs is 3. The van der Waals surface area contributed by atoms with Gasteiger partial charge in [0.2, 0.25) is 0 Å². The van der Waals surface area contributed by atoms with Gasteiger partial charge in [0.15, 0.2) is 0 Å². The van der Waals surface area contributed by atoms with Crippen LogP contribution < -0.4 is 34.1 Å². The summed E-state index contributed by atoms with van der Waals surface area (Å²) in [4.78, 5) is 35.4. The fourth-order valence-electron chi connectivity index (χ4n) is 13.8. The van der Waals surface area contributed by atoms with Gasteiger partial charge in [-0.3, -0.25) is 31.6 Å². The van der Waals surface area contributed by atoms with Gasteiger partial charge in [-0.2, -0.15) is 0 Å². The van der Waals surface area contributed by atoms with Gasteiger partial charge in [0, 0.05) is 123 Å². The van der Waals surface area contributed by atoms with Crippen LogP contribution in [0, 0.1) is 20.8 Å². The Morgan fingerprint density at radius 2 is 0.772 bits per heavy atom. The van der Waals surface area contributed by atoms with Gasteiger partial charge in [-0.15, -0.1) is 12.4 Å². The van der Waals surface area contributed by atoms with Crippen molar-refractivity contribution in [3.05, 3.63) is 266 Å². The first kappa shape index (κ1) is 106. The average Bonchev–Trinajstić information content (AvgIpc) is 1.72. The van der Waals surface area contributed by atoms with Gasteiger partial charge in [-0.1, -0.05) is 103 Å². The van der Waals surface area contributed by atoms with E-state index in [0.29, 0.717) is 95.7 Å². The Morgan fingerprint density at radius 1 is 0.441 bits per heavy atom. The summed E-state index contributed by atoms with van der Waals surface area (Å²) in [7, 11) is -2.36. The minimum atomic E-state index is -1.20. The van der Waals surface area contributed by atoms with Gasteiger partial charge in [0.1, 0.15) is 71.2 Å². The van der Waals surface area contributed by atoms with E-state index in [4.69, 9.17) is 42.7 Å². The molecule has 0 saturated carbocycles. The van der Waals surface area contributed by atoms with E-state index in [1.165, 1.54) is 0 Å². The molecule has 12 aromatic rings. The summed E-state index contributed by atoms with van der Waals surface area (Å²) in [6.07, 6.45) is 1.55. The number of nitrogens with two attached hydrogens (primary N) is 1. The maximum Gasteiger partial charge on any atom is 1.00 e. The summed E-state index contributed by atoms with van der Waals surface area (Å²) < 4.78 is 112. The van der Waals surface area contributed by atoms with Crippen LogP contribution in [0.25, 0.3) is 66.3 Å². The molecular weight excluding hydrogens is 1680 g/mol. The zero-order valence-corrected chi connectivity index (χ0v) is 77.1. The van der Waals surface area contributed by atoms with Gasteiger partial charge in [0.05, 0.1) is 84.9 Å². The van der Waals surface area contributed by atoms with E-state index in [1.807, 2.05) is 226 Å². The number of alkyl halides is 3. The number of furan rings is 3. The van der Waals surface area contributed by atoms with Crippen LogP contribution in [0.2, 0.25) is 0 Å². The Morgan fingerprint density at radius 3 is 1.10 bits per heavy atom. The van der Waals surface area contributed by atoms with Crippen LogP contribution in [0.4, 0.5) is 13.2 Å². The van der Waals surface area contributed by atoms with Crippen molar-refractivity contribution in [2.24, 2.45) is 5.73 Å². The number of halogens is 4. The topological polar surface area (TPSA) is 328 Å². The molecule has 0 fully saturated rings.